The van der Waals surface area contributed by atoms with Crippen LogP contribution in [0.3, 0.4) is 0 Å². The summed E-state index contributed by atoms with van der Waals surface area (Å²) in [6, 6.07) is 7.15. The molecule has 1 aromatic heterocycles. The minimum absolute atomic E-state index is 0.0249. The van der Waals surface area contributed by atoms with Crippen LogP contribution in [-0.4, -0.2) is 29.0 Å². The fourth-order valence-electron chi connectivity index (χ4n) is 3.42. The average Bonchev–Trinajstić information content (AvgIpc) is 3.10. The van der Waals surface area contributed by atoms with Crippen molar-refractivity contribution in [3.05, 3.63) is 28.8 Å². The molecular formula is C15H17N3OS. The lowest BCUT2D eigenvalue weighted by molar-refractivity contribution is 0.0931. The lowest BCUT2D eigenvalue weighted by Crippen LogP contribution is -2.42. The molecule has 20 heavy (non-hydrogen) atoms. The molecule has 2 aliphatic rings. The second-order valence-electron chi connectivity index (χ2n) is 5.78. The lowest BCUT2D eigenvalue weighted by Gasteiger charge is -2.21. The van der Waals surface area contributed by atoms with Crippen LogP contribution in [0.4, 0.5) is 0 Å². The number of nitrogens with one attached hydrogen (secondary N) is 2. The van der Waals surface area contributed by atoms with Gasteiger partial charge in [0.2, 0.25) is 0 Å². The van der Waals surface area contributed by atoms with E-state index in [1.807, 2.05) is 25.1 Å². The Bertz CT molecular complexity index is 681. The summed E-state index contributed by atoms with van der Waals surface area (Å²) in [5.74, 6) is 0.0249. The van der Waals surface area contributed by atoms with E-state index in [0.717, 1.165) is 21.6 Å². The van der Waals surface area contributed by atoms with Crippen LogP contribution in [0.25, 0.3) is 10.2 Å². The van der Waals surface area contributed by atoms with Gasteiger partial charge in [-0.25, -0.2) is 4.98 Å². The number of amides is 1. The quantitative estimate of drug-likeness (QED) is 0.890. The molecule has 2 N–H and O–H groups in total. The number of hydrogen-bond acceptors (Lipinski definition) is 4. The van der Waals surface area contributed by atoms with Gasteiger partial charge < -0.3 is 10.6 Å². The number of rotatable bonds is 2. The van der Waals surface area contributed by atoms with Crippen molar-refractivity contribution in [1.29, 1.82) is 0 Å². The molecule has 2 fully saturated rings. The standard InChI is InChI=1S/C15H17N3OS/c1-8-16-13-6-9(2-5-14(13)20-8)15(19)18-12-7-10-3-4-11(12)17-10/h2,5-6,10-12,17H,3-4,7H2,1H3,(H,18,19)/t10-,11+,12-/m1/s1. The second kappa shape index (κ2) is 4.53. The molecule has 5 heteroatoms. The van der Waals surface area contributed by atoms with Crippen LogP contribution in [0.15, 0.2) is 18.2 Å². The predicted octanol–water partition coefficient (Wildman–Crippen LogP) is 2.23. The van der Waals surface area contributed by atoms with Crippen molar-refractivity contribution in [2.45, 2.75) is 44.3 Å². The smallest absolute Gasteiger partial charge is 0.251 e. The van der Waals surface area contributed by atoms with Crippen molar-refractivity contribution in [1.82, 2.24) is 15.6 Å². The number of aryl methyl sites for hydroxylation is 1. The van der Waals surface area contributed by atoms with E-state index in [0.29, 0.717) is 17.6 Å². The molecule has 0 saturated carbocycles. The third kappa shape index (κ3) is 2.01. The highest BCUT2D eigenvalue weighted by Gasteiger charge is 2.39. The van der Waals surface area contributed by atoms with Crippen LogP contribution < -0.4 is 10.6 Å². The molecule has 3 atom stereocenters. The molecule has 4 nitrogen and oxygen atoms in total. The number of carbonyl (C=O) groups excluding carboxylic acids is 1. The minimum atomic E-state index is 0.0249. The third-order valence-electron chi connectivity index (χ3n) is 4.37. The summed E-state index contributed by atoms with van der Waals surface area (Å²) in [4.78, 5) is 16.8. The van der Waals surface area contributed by atoms with Gasteiger partial charge in [-0.2, -0.15) is 0 Å². The zero-order valence-electron chi connectivity index (χ0n) is 11.3. The minimum Gasteiger partial charge on any atom is -0.348 e. The molecule has 3 heterocycles. The van der Waals surface area contributed by atoms with E-state index in [1.165, 1.54) is 12.8 Å². The molecule has 2 aromatic rings. The molecule has 2 bridgehead atoms. The molecule has 0 unspecified atom stereocenters. The molecule has 1 amide bonds. The van der Waals surface area contributed by atoms with Crippen LogP contribution in [0.2, 0.25) is 0 Å². The van der Waals surface area contributed by atoms with E-state index in [2.05, 4.69) is 15.6 Å². The van der Waals surface area contributed by atoms with Crippen molar-refractivity contribution < 1.29 is 4.79 Å². The number of thiazole rings is 1. The number of hydrogen-bond donors (Lipinski definition) is 2. The Kier molecular flexibility index (Phi) is 2.79. The van der Waals surface area contributed by atoms with Crippen LogP contribution in [-0.2, 0) is 0 Å². The third-order valence-corrected chi connectivity index (χ3v) is 5.33. The van der Waals surface area contributed by atoms with Crippen LogP contribution in [0, 0.1) is 6.92 Å². The van der Waals surface area contributed by atoms with Crippen molar-refractivity contribution in [2.24, 2.45) is 0 Å². The van der Waals surface area contributed by atoms with E-state index < -0.39 is 0 Å². The zero-order valence-corrected chi connectivity index (χ0v) is 12.2. The largest absolute Gasteiger partial charge is 0.348 e. The fraction of sp³-hybridized carbons (Fsp3) is 0.467. The maximum atomic E-state index is 12.4. The van der Waals surface area contributed by atoms with E-state index in [-0.39, 0.29) is 11.9 Å². The van der Waals surface area contributed by atoms with Crippen molar-refractivity contribution in [3.63, 3.8) is 0 Å². The van der Waals surface area contributed by atoms with Gasteiger partial charge in [-0.05, 0) is 44.4 Å². The Morgan fingerprint density at radius 3 is 3.10 bits per heavy atom. The molecule has 0 radical (unpaired) electrons. The Morgan fingerprint density at radius 2 is 2.35 bits per heavy atom. The van der Waals surface area contributed by atoms with E-state index >= 15 is 0 Å². The maximum Gasteiger partial charge on any atom is 0.251 e. The highest BCUT2D eigenvalue weighted by Crippen LogP contribution is 2.28. The average molecular weight is 287 g/mol. The number of carbonyl (C=O) groups is 1. The molecule has 0 aliphatic carbocycles. The van der Waals surface area contributed by atoms with Crippen LogP contribution in [0.5, 0.6) is 0 Å². The van der Waals surface area contributed by atoms with Crippen molar-refractivity contribution in [3.8, 4) is 0 Å². The summed E-state index contributed by atoms with van der Waals surface area (Å²) < 4.78 is 1.14. The molecule has 2 aliphatic heterocycles. The van der Waals surface area contributed by atoms with Gasteiger partial charge in [-0.1, -0.05) is 0 Å². The molecule has 104 valence electrons. The first-order valence-electron chi connectivity index (χ1n) is 7.13. The molecule has 1 aromatic carbocycles. The zero-order chi connectivity index (χ0) is 13.7. The SMILES string of the molecule is Cc1nc2cc(C(=O)N[C@@H]3C[C@H]4CC[C@@H]3N4)ccc2s1. The van der Waals surface area contributed by atoms with Gasteiger partial charge in [0.25, 0.3) is 5.91 Å². The Labute approximate surface area is 121 Å². The molecule has 4 rings (SSSR count). The summed E-state index contributed by atoms with van der Waals surface area (Å²) in [6.45, 7) is 1.99. The highest BCUT2D eigenvalue weighted by molar-refractivity contribution is 7.18. The number of nitrogens with zero attached hydrogens (tertiary/aromatic N) is 1. The first-order chi connectivity index (χ1) is 9.69. The first kappa shape index (κ1) is 12.3. The van der Waals surface area contributed by atoms with Crippen molar-refractivity contribution >= 4 is 27.5 Å². The van der Waals surface area contributed by atoms with Crippen LogP contribution in [0.1, 0.15) is 34.6 Å². The summed E-state index contributed by atoms with van der Waals surface area (Å²) in [6.07, 6.45) is 3.50. The Balaban J connectivity index is 1.54. The van der Waals surface area contributed by atoms with Gasteiger partial charge in [-0.15, -0.1) is 11.3 Å². The first-order valence-corrected chi connectivity index (χ1v) is 7.95. The second-order valence-corrected chi connectivity index (χ2v) is 7.01. The summed E-state index contributed by atoms with van der Waals surface area (Å²) in [7, 11) is 0. The molecular weight excluding hydrogens is 270 g/mol. The topological polar surface area (TPSA) is 54.0 Å². The highest BCUT2D eigenvalue weighted by atomic mass is 32.1. The fourth-order valence-corrected chi connectivity index (χ4v) is 4.23. The van der Waals surface area contributed by atoms with E-state index in [1.54, 1.807) is 11.3 Å². The number of fused-ring (bicyclic) bond motifs is 3. The number of benzene rings is 1. The van der Waals surface area contributed by atoms with Crippen LogP contribution >= 0.6 is 11.3 Å². The molecule has 2 saturated heterocycles. The van der Waals surface area contributed by atoms with Gasteiger partial charge in [0, 0.05) is 23.7 Å². The van der Waals surface area contributed by atoms with E-state index in [4.69, 9.17) is 0 Å². The maximum absolute atomic E-state index is 12.4. The monoisotopic (exact) mass is 287 g/mol. The van der Waals surface area contributed by atoms with Gasteiger partial charge in [-0.3, -0.25) is 4.79 Å². The summed E-state index contributed by atoms with van der Waals surface area (Å²) in [5.41, 5.74) is 1.64. The van der Waals surface area contributed by atoms with Gasteiger partial charge in [0.05, 0.1) is 15.2 Å². The van der Waals surface area contributed by atoms with Crippen molar-refractivity contribution in [2.75, 3.05) is 0 Å². The number of aromatic nitrogens is 1. The lowest BCUT2D eigenvalue weighted by atomic mass is 9.95. The van der Waals surface area contributed by atoms with Gasteiger partial charge in [0.15, 0.2) is 0 Å². The normalized spacial score (nSPS) is 28.1. The van der Waals surface area contributed by atoms with E-state index in [9.17, 15) is 4.79 Å². The predicted molar refractivity (Wildman–Crippen MR) is 80.2 cm³/mol. The van der Waals surface area contributed by atoms with Gasteiger partial charge in [0.1, 0.15) is 0 Å². The summed E-state index contributed by atoms with van der Waals surface area (Å²) in [5, 5.41) is 7.75. The summed E-state index contributed by atoms with van der Waals surface area (Å²) >= 11 is 1.66. The molecule has 0 spiro atoms. The Hall–Kier alpha value is -1.46. The Morgan fingerprint density at radius 1 is 1.45 bits per heavy atom. The van der Waals surface area contributed by atoms with Gasteiger partial charge >= 0.3 is 0 Å².